The second kappa shape index (κ2) is 8.57. The van der Waals surface area contributed by atoms with Crippen LogP contribution in [0.4, 0.5) is 11.4 Å². The van der Waals surface area contributed by atoms with E-state index >= 15 is 0 Å². The third-order valence-electron chi connectivity index (χ3n) is 5.89. The first-order chi connectivity index (χ1) is 16.4. The van der Waals surface area contributed by atoms with Crippen LogP contribution in [0.15, 0.2) is 90.8 Å². The van der Waals surface area contributed by atoms with Crippen LogP contribution in [0.2, 0.25) is 0 Å². The number of fused-ring (bicyclic) bond motifs is 1. The second-order valence-corrected chi connectivity index (χ2v) is 8.37. The maximum Gasteiger partial charge on any atom is 0.281 e. The summed E-state index contributed by atoms with van der Waals surface area (Å²) in [5.74, 6) is -0.175. The van der Waals surface area contributed by atoms with Gasteiger partial charge in [0.05, 0.1) is 10.6 Å². The predicted octanol–water partition coefficient (Wildman–Crippen LogP) is 5.20. The molecule has 7 nitrogen and oxygen atoms in total. The van der Waals surface area contributed by atoms with E-state index in [4.69, 9.17) is 12.2 Å². The average molecular weight is 469 g/mol. The molecule has 1 aliphatic heterocycles. The minimum atomic E-state index is -0.405. The molecule has 8 heteroatoms. The molecule has 5 rings (SSSR count). The second-order valence-electron chi connectivity index (χ2n) is 8.00. The highest BCUT2D eigenvalue weighted by atomic mass is 32.1. The molecule has 0 radical (unpaired) electrons. The van der Waals surface area contributed by atoms with Gasteiger partial charge in [-0.25, -0.2) is 0 Å². The number of non-ortho nitro benzene ring substituents is 1. The third-order valence-corrected chi connectivity index (χ3v) is 6.34. The molecule has 2 heterocycles. The zero-order valence-electron chi connectivity index (χ0n) is 18.3. The zero-order chi connectivity index (χ0) is 23.8. The van der Waals surface area contributed by atoms with Crippen LogP contribution in [0.1, 0.15) is 11.1 Å². The van der Waals surface area contributed by atoms with Crippen LogP contribution in [-0.4, -0.2) is 32.5 Å². The number of carbonyl (C=O) groups is 1. The molecule has 1 aliphatic rings. The van der Waals surface area contributed by atoms with Crippen LogP contribution in [-0.2, 0) is 11.3 Å². The number of thiocarbonyl (C=S) groups is 1. The van der Waals surface area contributed by atoms with Crippen molar-refractivity contribution in [2.24, 2.45) is 0 Å². The first-order valence-corrected chi connectivity index (χ1v) is 11.0. The van der Waals surface area contributed by atoms with Crippen LogP contribution >= 0.6 is 12.2 Å². The number of benzene rings is 3. The fourth-order valence-corrected chi connectivity index (χ4v) is 4.44. The van der Waals surface area contributed by atoms with Crippen molar-refractivity contribution in [1.29, 1.82) is 0 Å². The first-order valence-electron chi connectivity index (χ1n) is 10.6. The maximum atomic E-state index is 13.3. The summed E-state index contributed by atoms with van der Waals surface area (Å²) >= 11 is 5.57. The van der Waals surface area contributed by atoms with E-state index in [1.165, 1.54) is 17.0 Å². The number of anilines is 1. The molecular formula is C26H20N4O3S. The van der Waals surface area contributed by atoms with Gasteiger partial charge in [-0.1, -0.05) is 48.5 Å². The van der Waals surface area contributed by atoms with E-state index in [2.05, 4.69) is 4.57 Å². The number of likely N-dealkylation sites (N-methyl/N-ethyl adjacent to an activating group) is 1. The van der Waals surface area contributed by atoms with Gasteiger partial charge in [0.2, 0.25) is 0 Å². The Bertz CT molecular complexity index is 1460. The normalized spacial score (nSPS) is 15.0. The Balaban J connectivity index is 1.53. The number of hydrogen-bond donors (Lipinski definition) is 0. The lowest BCUT2D eigenvalue weighted by molar-refractivity contribution is -0.384. The van der Waals surface area contributed by atoms with Gasteiger partial charge in [-0.15, -0.1) is 0 Å². The van der Waals surface area contributed by atoms with Crippen molar-refractivity contribution in [2.75, 3.05) is 11.9 Å². The Morgan fingerprint density at radius 1 is 0.971 bits per heavy atom. The number of carbonyl (C=O) groups excluding carboxylic acids is 1. The molecule has 1 amide bonds. The van der Waals surface area contributed by atoms with Crippen LogP contribution in [0.5, 0.6) is 0 Å². The number of amides is 1. The summed E-state index contributed by atoms with van der Waals surface area (Å²) in [7, 11) is 1.80. The van der Waals surface area contributed by atoms with E-state index in [0.29, 0.717) is 17.4 Å². The van der Waals surface area contributed by atoms with Crippen molar-refractivity contribution < 1.29 is 9.72 Å². The van der Waals surface area contributed by atoms with E-state index in [1.807, 2.05) is 66.9 Å². The van der Waals surface area contributed by atoms with Crippen molar-refractivity contribution in [1.82, 2.24) is 9.47 Å². The van der Waals surface area contributed by atoms with Crippen LogP contribution in [0, 0.1) is 10.1 Å². The fourth-order valence-electron chi connectivity index (χ4n) is 4.15. The lowest BCUT2D eigenvalue weighted by Gasteiger charge is -2.16. The number of nitro groups is 1. The lowest BCUT2D eigenvalue weighted by Crippen LogP contribution is -2.30. The van der Waals surface area contributed by atoms with Crippen LogP contribution < -0.4 is 4.90 Å². The third kappa shape index (κ3) is 3.74. The molecule has 0 saturated carbocycles. The molecule has 0 N–H and O–H groups in total. The molecule has 4 aromatic rings. The van der Waals surface area contributed by atoms with Crippen LogP contribution in [0.3, 0.4) is 0 Å². The molecule has 0 bridgehead atoms. The van der Waals surface area contributed by atoms with Crippen molar-refractivity contribution in [2.45, 2.75) is 6.54 Å². The molecule has 0 spiro atoms. The number of nitro benzene ring substituents is 1. The predicted molar refractivity (Wildman–Crippen MR) is 136 cm³/mol. The maximum absolute atomic E-state index is 13.3. The molecule has 1 saturated heterocycles. The van der Waals surface area contributed by atoms with Crippen molar-refractivity contribution >= 4 is 51.6 Å². The molecule has 3 aromatic carbocycles. The molecule has 0 unspecified atom stereocenters. The summed E-state index contributed by atoms with van der Waals surface area (Å²) in [5, 5.41) is 12.4. The van der Waals surface area contributed by atoms with E-state index in [9.17, 15) is 14.9 Å². The summed E-state index contributed by atoms with van der Waals surface area (Å²) in [4.78, 5) is 27.1. The highest BCUT2D eigenvalue weighted by Gasteiger charge is 2.36. The standard InChI is InChI=1S/C26H20N4O3S/c1-27-24(25(31)29(26(27)34)20-7-3-2-4-8-20)15-19-17-28(23-10-6-5-9-22(19)23)16-18-11-13-21(14-12-18)30(32)33/h2-15,17H,16H2,1H3. The number of hydrogen-bond acceptors (Lipinski definition) is 4. The Labute approximate surface area is 201 Å². The Hall–Kier alpha value is -4.30. The SMILES string of the molecule is CN1C(=S)N(c2ccccc2)C(=O)C1=Cc1cn(Cc2ccc([N+](=O)[O-])cc2)c2ccccc12. The van der Waals surface area contributed by atoms with E-state index in [-0.39, 0.29) is 11.6 Å². The van der Waals surface area contributed by atoms with E-state index < -0.39 is 4.92 Å². The van der Waals surface area contributed by atoms with Gasteiger partial charge in [-0.2, -0.15) is 0 Å². The van der Waals surface area contributed by atoms with E-state index in [0.717, 1.165) is 27.7 Å². The molecule has 1 fully saturated rings. The average Bonchev–Trinajstić information content (AvgIpc) is 3.30. The first kappa shape index (κ1) is 21.5. The summed E-state index contributed by atoms with van der Waals surface area (Å²) in [6, 6.07) is 23.9. The number of para-hydroxylation sites is 2. The van der Waals surface area contributed by atoms with Crippen LogP contribution in [0.25, 0.3) is 17.0 Å². The van der Waals surface area contributed by atoms with Gasteiger partial charge < -0.3 is 9.47 Å². The Morgan fingerprint density at radius 2 is 1.65 bits per heavy atom. The van der Waals surface area contributed by atoms with Crippen molar-refractivity contribution in [3.05, 3.63) is 112 Å². The molecular weight excluding hydrogens is 448 g/mol. The van der Waals surface area contributed by atoms with Gasteiger partial charge in [0.1, 0.15) is 5.70 Å². The number of nitrogens with zero attached hydrogens (tertiary/aromatic N) is 4. The molecule has 168 valence electrons. The summed E-state index contributed by atoms with van der Waals surface area (Å²) in [5.41, 5.74) is 4.12. The largest absolute Gasteiger partial charge is 0.342 e. The number of rotatable bonds is 5. The minimum absolute atomic E-state index is 0.0632. The van der Waals surface area contributed by atoms with E-state index in [1.54, 1.807) is 24.1 Å². The van der Waals surface area contributed by atoms with Gasteiger partial charge in [0.25, 0.3) is 11.6 Å². The van der Waals surface area contributed by atoms with Gasteiger partial charge in [-0.05, 0) is 42.1 Å². The van der Waals surface area contributed by atoms with Gasteiger partial charge >= 0.3 is 0 Å². The van der Waals surface area contributed by atoms with Gasteiger partial charge in [0.15, 0.2) is 5.11 Å². The lowest BCUT2D eigenvalue weighted by atomic mass is 10.1. The monoisotopic (exact) mass is 468 g/mol. The summed E-state index contributed by atoms with van der Waals surface area (Å²) in [6.07, 6.45) is 3.86. The zero-order valence-corrected chi connectivity index (χ0v) is 19.1. The Morgan fingerprint density at radius 3 is 2.35 bits per heavy atom. The molecule has 0 atom stereocenters. The van der Waals surface area contributed by atoms with Gasteiger partial charge in [0, 0.05) is 48.4 Å². The van der Waals surface area contributed by atoms with Gasteiger partial charge in [-0.3, -0.25) is 19.8 Å². The Kier molecular flexibility index (Phi) is 5.43. The topological polar surface area (TPSA) is 71.6 Å². The molecule has 34 heavy (non-hydrogen) atoms. The fraction of sp³-hybridized carbons (Fsp3) is 0.0769. The van der Waals surface area contributed by atoms with Crippen molar-refractivity contribution in [3.8, 4) is 0 Å². The quantitative estimate of drug-likeness (QED) is 0.174. The molecule has 0 aliphatic carbocycles. The summed E-state index contributed by atoms with van der Waals surface area (Å²) in [6.45, 7) is 0.542. The molecule has 1 aromatic heterocycles. The highest BCUT2D eigenvalue weighted by molar-refractivity contribution is 7.80. The highest BCUT2D eigenvalue weighted by Crippen LogP contribution is 2.30. The number of aromatic nitrogens is 1. The summed E-state index contributed by atoms with van der Waals surface area (Å²) < 4.78 is 2.08. The minimum Gasteiger partial charge on any atom is -0.342 e. The van der Waals surface area contributed by atoms with Crippen molar-refractivity contribution in [3.63, 3.8) is 0 Å². The smallest absolute Gasteiger partial charge is 0.281 e.